The van der Waals surface area contributed by atoms with Crippen molar-refractivity contribution in [2.45, 2.75) is 12.6 Å². The molecule has 0 unspecified atom stereocenters. The minimum Gasteiger partial charge on any atom is -0.316 e. The molecule has 3 nitrogen and oxygen atoms in total. The summed E-state index contributed by atoms with van der Waals surface area (Å²) in [4.78, 5) is 14.8. The number of anilines is 1. The summed E-state index contributed by atoms with van der Waals surface area (Å²) in [5, 5.41) is 0. The number of nitrogens with two attached hydrogens (primary N) is 1. The maximum absolute atomic E-state index is 13.0. The Labute approximate surface area is 142 Å². The number of amides is 1. The molecule has 0 heterocycles. The molecule has 0 saturated carbocycles. The zero-order valence-corrected chi connectivity index (χ0v) is 13.4. The number of carbonyl (C=O) groups is 1. The summed E-state index contributed by atoms with van der Waals surface area (Å²) in [6.07, 6.45) is 0. The lowest BCUT2D eigenvalue weighted by Gasteiger charge is -2.26. The molecule has 24 heavy (non-hydrogen) atoms. The van der Waals surface area contributed by atoms with Crippen molar-refractivity contribution in [2.75, 3.05) is 4.90 Å². The Morgan fingerprint density at radius 3 is 1.88 bits per heavy atom. The quantitative estimate of drug-likeness (QED) is 0.775. The number of para-hydroxylation sites is 1. The lowest BCUT2D eigenvalue weighted by atomic mass is 10.1. The van der Waals surface area contributed by atoms with Crippen LogP contribution in [0.4, 0.5) is 5.69 Å². The maximum Gasteiger partial charge on any atom is 0.248 e. The van der Waals surface area contributed by atoms with Crippen LogP contribution in [-0.2, 0) is 11.3 Å². The second-order valence-electron chi connectivity index (χ2n) is 5.63. The molecule has 3 aromatic rings. The van der Waals surface area contributed by atoms with Gasteiger partial charge in [0.2, 0.25) is 5.91 Å². The summed E-state index contributed by atoms with van der Waals surface area (Å²) in [6.45, 7) is 0.490. The Kier molecular flexibility index (Phi) is 5.04. The first-order valence-electron chi connectivity index (χ1n) is 7.96. The van der Waals surface area contributed by atoms with Gasteiger partial charge in [0.1, 0.15) is 6.04 Å². The minimum absolute atomic E-state index is 0.115. The van der Waals surface area contributed by atoms with Gasteiger partial charge < -0.3 is 10.6 Å². The molecule has 0 saturated heterocycles. The summed E-state index contributed by atoms with van der Waals surface area (Å²) >= 11 is 0. The van der Waals surface area contributed by atoms with Gasteiger partial charge in [-0.2, -0.15) is 0 Å². The molecule has 3 rings (SSSR count). The molecule has 0 aliphatic carbocycles. The van der Waals surface area contributed by atoms with Gasteiger partial charge in [-0.15, -0.1) is 0 Å². The largest absolute Gasteiger partial charge is 0.316 e. The summed E-state index contributed by atoms with van der Waals surface area (Å²) in [6, 6.07) is 28.4. The highest BCUT2D eigenvalue weighted by molar-refractivity contribution is 5.97. The summed E-state index contributed by atoms with van der Waals surface area (Å²) < 4.78 is 0. The molecular formula is C21H20N2O. The van der Waals surface area contributed by atoms with Crippen LogP contribution >= 0.6 is 0 Å². The normalized spacial score (nSPS) is 11.7. The van der Waals surface area contributed by atoms with Gasteiger partial charge in [-0.1, -0.05) is 78.9 Å². The lowest BCUT2D eigenvalue weighted by Crippen LogP contribution is -2.38. The van der Waals surface area contributed by atoms with E-state index in [1.807, 2.05) is 91.0 Å². The van der Waals surface area contributed by atoms with E-state index in [1.54, 1.807) is 4.90 Å². The first-order chi connectivity index (χ1) is 11.8. The molecule has 1 atom stereocenters. The third kappa shape index (κ3) is 3.70. The summed E-state index contributed by atoms with van der Waals surface area (Å²) in [5.74, 6) is -0.115. The van der Waals surface area contributed by atoms with Crippen LogP contribution in [0, 0.1) is 0 Å². The van der Waals surface area contributed by atoms with Crippen LogP contribution in [0.1, 0.15) is 17.2 Å². The highest BCUT2D eigenvalue weighted by Crippen LogP contribution is 2.22. The smallest absolute Gasteiger partial charge is 0.248 e. The molecule has 120 valence electrons. The molecule has 0 aromatic heterocycles. The number of hydrogen-bond donors (Lipinski definition) is 1. The van der Waals surface area contributed by atoms with E-state index in [4.69, 9.17) is 5.73 Å². The Hall–Kier alpha value is -2.91. The van der Waals surface area contributed by atoms with Gasteiger partial charge in [0.25, 0.3) is 0 Å². The maximum atomic E-state index is 13.0. The fourth-order valence-corrected chi connectivity index (χ4v) is 2.64. The average molecular weight is 316 g/mol. The van der Waals surface area contributed by atoms with Crippen LogP contribution in [0.3, 0.4) is 0 Å². The van der Waals surface area contributed by atoms with Crippen molar-refractivity contribution >= 4 is 11.6 Å². The van der Waals surface area contributed by atoms with Crippen molar-refractivity contribution in [3.05, 3.63) is 102 Å². The van der Waals surface area contributed by atoms with Crippen molar-refractivity contribution in [3.63, 3.8) is 0 Å². The van der Waals surface area contributed by atoms with Crippen molar-refractivity contribution < 1.29 is 4.79 Å². The highest BCUT2D eigenvalue weighted by Gasteiger charge is 2.23. The molecule has 0 bridgehead atoms. The first-order valence-corrected chi connectivity index (χ1v) is 7.96. The van der Waals surface area contributed by atoms with E-state index >= 15 is 0 Å². The molecule has 0 aliphatic heterocycles. The standard InChI is InChI=1S/C21H20N2O/c22-20(18-12-6-2-7-13-18)21(24)23(19-14-8-3-9-15-19)16-17-10-4-1-5-11-17/h1-15,20H,16,22H2/t20-/m0/s1. The van der Waals surface area contributed by atoms with Crippen molar-refractivity contribution in [2.24, 2.45) is 5.73 Å². The van der Waals surface area contributed by atoms with Gasteiger partial charge in [-0.05, 0) is 23.3 Å². The minimum atomic E-state index is -0.685. The van der Waals surface area contributed by atoms with Gasteiger partial charge in [0.05, 0.1) is 6.54 Å². The van der Waals surface area contributed by atoms with Crippen LogP contribution in [0.5, 0.6) is 0 Å². The fourth-order valence-electron chi connectivity index (χ4n) is 2.64. The van der Waals surface area contributed by atoms with Gasteiger partial charge in [0.15, 0.2) is 0 Å². The van der Waals surface area contributed by atoms with E-state index in [1.165, 1.54) is 0 Å². The van der Waals surface area contributed by atoms with Crippen molar-refractivity contribution in [3.8, 4) is 0 Å². The van der Waals surface area contributed by atoms with E-state index in [9.17, 15) is 4.79 Å². The molecule has 0 spiro atoms. The van der Waals surface area contributed by atoms with Gasteiger partial charge in [-0.25, -0.2) is 0 Å². The van der Waals surface area contributed by atoms with E-state index in [0.717, 1.165) is 16.8 Å². The number of benzene rings is 3. The zero-order chi connectivity index (χ0) is 16.8. The second kappa shape index (κ2) is 7.57. The van der Waals surface area contributed by atoms with Gasteiger partial charge in [0, 0.05) is 5.69 Å². The molecule has 3 heteroatoms. The monoisotopic (exact) mass is 316 g/mol. The second-order valence-corrected chi connectivity index (χ2v) is 5.63. The van der Waals surface area contributed by atoms with Crippen LogP contribution in [0.15, 0.2) is 91.0 Å². The summed E-state index contributed by atoms with van der Waals surface area (Å²) in [7, 11) is 0. The fraction of sp³-hybridized carbons (Fsp3) is 0.0952. The van der Waals surface area contributed by atoms with Crippen molar-refractivity contribution in [1.29, 1.82) is 0 Å². The SMILES string of the molecule is N[C@H](C(=O)N(Cc1ccccc1)c1ccccc1)c1ccccc1. The third-order valence-corrected chi connectivity index (χ3v) is 3.94. The number of hydrogen-bond acceptors (Lipinski definition) is 2. The van der Waals surface area contributed by atoms with Gasteiger partial charge >= 0.3 is 0 Å². The summed E-state index contributed by atoms with van der Waals surface area (Å²) in [5.41, 5.74) is 8.97. The lowest BCUT2D eigenvalue weighted by molar-refractivity contribution is -0.120. The highest BCUT2D eigenvalue weighted by atomic mass is 16.2. The van der Waals surface area contributed by atoms with Crippen LogP contribution in [0.25, 0.3) is 0 Å². The van der Waals surface area contributed by atoms with Crippen LogP contribution < -0.4 is 10.6 Å². The molecule has 0 fully saturated rings. The van der Waals surface area contributed by atoms with E-state index in [2.05, 4.69) is 0 Å². The number of rotatable bonds is 5. The topological polar surface area (TPSA) is 46.3 Å². The Morgan fingerprint density at radius 1 is 0.792 bits per heavy atom. The number of carbonyl (C=O) groups excluding carboxylic acids is 1. The average Bonchev–Trinajstić information content (AvgIpc) is 2.67. The Bertz CT molecular complexity index is 773. The van der Waals surface area contributed by atoms with Crippen LogP contribution in [0.2, 0.25) is 0 Å². The molecule has 1 amide bonds. The Balaban J connectivity index is 1.91. The zero-order valence-electron chi connectivity index (χ0n) is 13.4. The predicted octanol–water partition coefficient (Wildman–Crippen LogP) is 3.92. The molecular weight excluding hydrogens is 296 g/mol. The van der Waals surface area contributed by atoms with E-state index in [0.29, 0.717) is 6.54 Å². The van der Waals surface area contributed by atoms with E-state index < -0.39 is 6.04 Å². The third-order valence-electron chi connectivity index (χ3n) is 3.94. The van der Waals surface area contributed by atoms with E-state index in [-0.39, 0.29) is 5.91 Å². The van der Waals surface area contributed by atoms with Crippen molar-refractivity contribution in [1.82, 2.24) is 0 Å². The molecule has 3 aromatic carbocycles. The molecule has 0 radical (unpaired) electrons. The number of nitrogens with zero attached hydrogens (tertiary/aromatic N) is 1. The van der Waals surface area contributed by atoms with Gasteiger partial charge in [-0.3, -0.25) is 4.79 Å². The molecule has 0 aliphatic rings. The predicted molar refractivity (Wildman–Crippen MR) is 97.4 cm³/mol. The first kappa shape index (κ1) is 16.0. The molecule has 2 N–H and O–H groups in total. The van der Waals surface area contributed by atoms with Crippen LogP contribution in [-0.4, -0.2) is 5.91 Å². The Morgan fingerprint density at radius 2 is 1.29 bits per heavy atom.